The summed E-state index contributed by atoms with van der Waals surface area (Å²) in [6.45, 7) is 3.38. The summed E-state index contributed by atoms with van der Waals surface area (Å²) >= 11 is 0. The molecule has 0 unspecified atom stereocenters. The van der Waals surface area contributed by atoms with Gasteiger partial charge in [-0.3, -0.25) is 0 Å². The van der Waals surface area contributed by atoms with Gasteiger partial charge in [-0.15, -0.1) is 0 Å². The van der Waals surface area contributed by atoms with Gasteiger partial charge in [0.05, 0.1) is 13.2 Å². The number of allylic oxidation sites excluding steroid dienone is 1. The smallest absolute Gasteiger partial charge is 0.422 e. The molecule has 0 amide bonds. The van der Waals surface area contributed by atoms with E-state index in [-0.39, 0.29) is 12.2 Å². The van der Waals surface area contributed by atoms with Gasteiger partial charge < -0.3 is 9.47 Å². The second kappa shape index (κ2) is 6.45. The van der Waals surface area contributed by atoms with E-state index in [1.165, 1.54) is 19.1 Å². The van der Waals surface area contributed by atoms with Gasteiger partial charge >= 0.3 is 6.18 Å². The predicted octanol–water partition coefficient (Wildman–Crippen LogP) is 4.32. The maximum absolute atomic E-state index is 13.4. The van der Waals surface area contributed by atoms with Crippen molar-refractivity contribution in [2.75, 3.05) is 13.2 Å². The van der Waals surface area contributed by atoms with Crippen molar-refractivity contribution in [3.8, 4) is 5.75 Å². The summed E-state index contributed by atoms with van der Waals surface area (Å²) in [5.74, 6) is 0.421. The molecule has 0 aliphatic rings. The second-order valence-corrected chi connectivity index (χ2v) is 3.54. The van der Waals surface area contributed by atoms with Gasteiger partial charge in [-0.2, -0.15) is 17.6 Å². The highest BCUT2D eigenvalue weighted by Gasteiger charge is 2.39. The summed E-state index contributed by atoms with van der Waals surface area (Å²) in [5, 5.41) is 0. The number of ether oxygens (including phenoxy) is 2. The fraction of sp³-hybridized carbons (Fsp3) is 0.385. The molecule has 0 atom stereocenters. The maximum atomic E-state index is 13.4. The van der Waals surface area contributed by atoms with E-state index in [1.54, 1.807) is 6.92 Å². The zero-order valence-electron chi connectivity index (χ0n) is 10.6. The monoisotopic (exact) mass is 278 g/mol. The SMILES string of the molecule is CCOC(F)=C(c1ccc(OCC)cc1)C(F)(F)F. The van der Waals surface area contributed by atoms with Gasteiger partial charge in [0.2, 0.25) is 0 Å². The minimum absolute atomic E-state index is 0.178. The summed E-state index contributed by atoms with van der Waals surface area (Å²) in [5.41, 5.74) is -1.72. The number of benzene rings is 1. The molecular formula is C13H14F4O2. The lowest BCUT2D eigenvalue weighted by atomic mass is 10.1. The van der Waals surface area contributed by atoms with Crippen molar-refractivity contribution in [2.45, 2.75) is 20.0 Å². The maximum Gasteiger partial charge on any atom is 0.422 e. The molecule has 0 bridgehead atoms. The van der Waals surface area contributed by atoms with E-state index in [4.69, 9.17) is 4.74 Å². The van der Waals surface area contributed by atoms with Crippen molar-refractivity contribution in [3.63, 3.8) is 0 Å². The first kappa shape index (κ1) is 15.3. The first-order valence-corrected chi connectivity index (χ1v) is 5.73. The average Bonchev–Trinajstić information content (AvgIpc) is 2.30. The van der Waals surface area contributed by atoms with Crippen LogP contribution in [0.25, 0.3) is 5.57 Å². The number of rotatable bonds is 5. The van der Waals surface area contributed by atoms with Crippen LogP contribution in [0.3, 0.4) is 0 Å². The molecule has 19 heavy (non-hydrogen) atoms. The molecule has 0 saturated heterocycles. The summed E-state index contributed by atoms with van der Waals surface area (Å²) in [6.07, 6.45) is -4.83. The summed E-state index contributed by atoms with van der Waals surface area (Å²) in [7, 11) is 0. The fourth-order valence-corrected chi connectivity index (χ4v) is 1.47. The lowest BCUT2D eigenvalue weighted by Crippen LogP contribution is -2.13. The van der Waals surface area contributed by atoms with Crippen LogP contribution >= 0.6 is 0 Å². The molecular weight excluding hydrogens is 264 g/mol. The molecule has 0 saturated carbocycles. The van der Waals surface area contributed by atoms with Crippen LogP contribution in [0.15, 0.2) is 30.3 Å². The normalized spacial score (nSPS) is 12.9. The van der Waals surface area contributed by atoms with Gasteiger partial charge in [0, 0.05) is 0 Å². The van der Waals surface area contributed by atoms with E-state index in [0.29, 0.717) is 12.4 Å². The Hall–Kier alpha value is -1.72. The highest BCUT2D eigenvalue weighted by atomic mass is 19.4. The molecule has 1 aromatic rings. The van der Waals surface area contributed by atoms with E-state index in [2.05, 4.69) is 4.74 Å². The Balaban J connectivity index is 3.16. The van der Waals surface area contributed by atoms with E-state index in [1.807, 2.05) is 0 Å². The van der Waals surface area contributed by atoms with Crippen LogP contribution in [0, 0.1) is 0 Å². The minimum atomic E-state index is -4.83. The molecule has 0 aliphatic heterocycles. The highest BCUT2D eigenvalue weighted by Crippen LogP contribution is 2.37. The Morgan fingerprint density at radius 1 is 1.05 bits per heavy atom. The molecule has 1 aromatic carbocycles. The Morgan fingerprint density at radius 2 is 1.63 bits per heavy atom. The average molecular weight is 278 g/mol. The molecule has 0 N–H and O–H groups in total. The standard InChI is InChI=1S/C13H14F4O2/c1-3-18-10-7-5-9(6-8-10)11(13(15,16)17)12(14)19-4-2/h5-8H,3-4H2,1-2H3. The largest absolute Gasteiger partial charge is 0.494 e. The van der Waals surface area contributed by atoms with Crippen molar-refractivity contribution >= 4 is 5.57 Å². The van der Waals surface area contributed by atoms with E-state index in [0.717, 1.165) is 12.1 Å². The Morgan fingerprint density at radius 3 is 2.05 bits per heavy atom. The van der Waals surface area contributed by atoms with Crippen LogP contribution in [-0.4, -0.2) is 19.4 Å². The molecule has 106 valence electrons. The molecule has 0 aliphatic carbocycles. The zero-order valence-corrected chi connectivity index (χ0v) is 10.6. The lowest BCUT2D eigenvalue weighted by molar-refractivity contribution is -0.0730. The quantitative estimate of drug-likeness (QED) is 0.590. The molecule has 2 nitrogen and oxygen atoms in total. The molecule has 1 rings (SSSR count). The highest BCUT2D eigenvalue weighted by molar-refractivity contribution is 5.70. The van der Waals surface area contributed by atoms with Gasteiger partial charge in [0.25, 0.3) is 6.01 Å². The predicted molar refractivity (Wildman–Crippen MR) is 63.3 cm³/mol. The summed E-state index contributed by atoms with van der Waals surface area (Å²) in [4.78, 5) is 0. The van der Waals surface area contributed by atoms with Crippen LogP contribution < -0.4 is 4.74 Å². The zero-order chi connectivity index (χ0) is 14.5. The number of hydrogen-bond donors (Lipinski definition) is 0. The lowest BCUT2D eigenvalue weighted by Gasteiger charge is -2.14. The minimum Gasteiger partial charge on any atom is -0.494 e. The van der Waals surface area contributed by atoms with Crippen LogP contribution in [0.2, 0.25) is 0 Å². The van der Waals surface area contributed by atoms with Crippen LogP contribution in [0.5, 0.6) is 5.75 Å². The fourth-order valence-electron chi connectivity index (χ4n) is 1.47. The molecule has 0 aromatic heterocycles. The van der Waals surface area contributed by atoms with Crippen molar-refractivity contribution in [2.24, 2.45) is 0 Å². The van der Waals surface area contributed by atoms with Gasteiger partial charge in [0.15, 0.2) is 0 Å². The van der Waals surface area contributed by atoms with Crippen molar-refractivity contribution < 1.29 is 27.0 Å². The van der Waals surface area contributed by atoms with Crippen LogP contribution in [-0.2, 0) is 4.74 Å². The third kappa shape index (κ3) is 4.15. The Bertz CT molecular complexity index is 435. The van der Waals surface area contributed by atoms with Crippen molar-refractivity contribution in [3.05, 3.63) is 35.8 Å². The molecule has 0 radical (unpaired) electrons. The number of hydrogen-bond acceptors (Lipinski definition) is 2. The van der Waals surface area contributed by atoms with Gasteiger partial charge in [-0.05, 0) is 31.5 Å². The molecule has 6 heteroatoms. The Kier molecular flexibility index (Phi) is 5.20. The van der Waals surface area contributed by atoms with E-state index in [9.17, 15) is 17.6 Å². The van der Waals surface area contributed by atoms with E-state index >= 15 is 0 Å². The number of alkyl halides is 3. The molecule has 0 spiro atoms. The van der Waals surface area contributed by atoms with Gasteiger partial charge in [-0.1, -0.05) is 12.1 Å². The van der Waals surface area contributed by atoms with Gasteiger partial charge in [0.1, 0.15) is 11.3 Å². The molecule has 0 heterocycles. The molecule has 0 fully saturated rings. The van der Waals surface area contributed by atoms with Crippen LogP contribution in [0.4, 0.5) is 17.6 Å². The third-order valence-electron chi connectivity index (χ3n) is 2.21. The van der Waals surface area contributed by atoms with E-state index < -0.39 is 17.8 Å². The summed E-state index contributed by atoms with van der Waals surface area (Å²) < 4.78 is 61.3. The van der Waals surface area contributed by atoms with Gasteiger partial charge in [-0.25, -0.2) is 0 Å². The van der Waals surface area contributed by atoms with Crippen LogP contribution in [0.1, 0.15) is 19.4 Å². The van der Waals surface area contributed by atoms with Crippen molar-refractivity contribution in [1.82, 2.24) is 0 Å². The first-order valence-electron chi connectivity index (χ1n) is 5.73. The second-order valence-electron chi connectivity index (χ2n) is 3.54. The number of halogens is 4. The first-order chi connectivity index (χ1) is 8.90. The van der Waals surface area contributed by atoms with Crippen molar-refractivity contribution in [1.29, 1.82) is 0 Å². The third-order valence-corrected chi connectivity index (χ3v) is 2.21. The topological polar surface area (TPSA) is 18.5 Å². The Labute approximate surface area is 108 Å². The summed E-state index contributed by atoms with van der Waals surface area (Å²) in [6, 6.07) is 3.37.